The van der Waals surface area contributed by atoms with Crippen molar-refractivity contribution in [3.63, 3.8) is 0 Å². The van der Waals surface area contributed by atoms with E-state index in [0.29, 0.717) is 18.2 Å². The molecule has 0 amide bonds. The predicted octanol–water partition coefficient (Wildman–Crippen LogP) is 9.02. The second kappa shape index (κ2) is 16.0. The number of unbranched alkanes of at least 4 members (excludes halogenated alkanes) is 7. The van der Waals surface area contributed by atoms with Crippen LogP contribution in [0.2, 0.25) is 0 Å². The van der Waals surface area contributed by atoms with Gasteiger partial charge in [-0.05, 0) is 31.2 Å². The lowest BCUT2D eigenvalue weighted by molar-refractivity contribution is 0.305. The van der Waals surface area contributed by atoms with Crippen LogP contribution in [0.4, 0.5) is 5.69 Å². The first kappa shape index (κ1) is 27.6. The Labute approximate surface area is 205 Å². The molecular formula is C27H46N4OS. The zero-order valence-corrected chi connectivity index (χ0v) is 22.3. The minimum absolute atomic E-state index is 0.625. The molecule has 6 heteroatoms. The molecule has 1 unspecified atom stereocenters. The lowest BCUT2D eigenvalue weighted by Crippen LogP contribution is -2.20. The largest absolute Gasteiger partial charge is 0.491 e. The van der Waals surface area contributed by atoms with E-state index in [2.05, 4.69) is 43.4 Å². The van der Waals surface area contributed by atoms with Crippen molar-refractivity contribution in [2.24, 2.45) is 16.0 Å². The highest BCUT2D eigenvalue weighted by Crippen LogP contribution is 2.34. The highest BCUT2D eigenvalue weighted by molar-refractivity contribution is 7.16. The second-order valence-electron chi connectivity index (χ2n) is 9.16. The van der Waals surface area contributed by atoms with E-state index in [1.54, 1.807) is 11.3 Å². The molecule has 0 radical (unpaired) electrons. The summed E-state index contributed by atoms with van der Waals surface area (Å²) >= 11 is 1.73. The number of ether oxygens (including phenoxy) is 1. The first-order valence-corrected chi connectivity index (χ1v) is 14.2. The van der Waals surface area contributed by atoms with Gasteiger partial charge in [0.15, 0.2) is 4.80 Å². The summed E-state index contributed by atoms with van der Waals surface area (Å²) in [4.78, 5) is 6.05. The molecule has 0 aliphatic carbocycles. The van der Waals surface area contributed by atoms with E-state index in [9.17, 15) is 0 Å². The molecule has 2 rings (SSSR count). The number of hydrogen-bond acceptors (Lipinski definition) is 5. The number of rotatable bonds is 18. The monoisotopic (exact) mass is 474 g/mol. The van der Waals surface area contributed by atoms with Crippen LogP contribution < -0.4 is 9.54 Å². The van der Waals surface area contributed by atoms with E-state index in [1.165, 1.54) is 63.3 Å². The minimum Gasteiger partial charge on any atom is -0.491 e. The predicted molar refractivity (Wildman–Crippen MR) is 142 cm³/mol. The van der Waals surface area contributed by atoms with Crippen molar-refractivity contribution in [2.45, 2.75) is 111 Å². The number of thiazole rings is 1. The zero-order chi connectivity index (χ0) is 23.9. The van der Waals surface area contributed by atoms with Gasteiger partial charge in [-0.15, -0.1) is 0 Å². The Morgan fingerprint density at radius 1 is 0.939 bits per heavy atom. The molecule has 0 bridgehead atoms. The fourth-order valence-corrected chi connectivity index (χ4v) is 5.24. The van der Waals surface area contributed by atoms with Gasteiger partial charge in [0.25, 0.3) is 0 Å². The second-order valence-corrected chi connectivity index (χ2v) is 10.2. The molecule has 1 aromatic heterocycles. The Balaban J connectivity index is 2.28. The maximum atomic E-state index is 7.69. The molecule has 0 fully saturated rings. The molecule has 33 heavy (non-hydrogen) atoms. The lowest BCUT2D eigenvalue weighted by Gasteiger charge is -2.17. The Morgan fingerprint density at radius 3 is 2.36 bits per heavy atom. The molecule has 186 valence electrons. The Kier molecular flexibility index (Phi) is 13.4. The van der Waals surface area contributed by atoms with Gasteiger partial charge < -0.3 is 9.30 Å². The van der Waals surface area contributed by atoms with Gasteiger partial charge >= 0.3 is 0 Å². The van der Waals surface area contributed by atoms with Crippen LogP contribution in [0.3, 0.4) is 0 Å². The van der Waals surface area contributed by atoms with Crippen LogP contribution >= 0.6 is 11.3 Å². The quantitative estimate of drug-likeness (QED) is 0.170. The van der Waals surface area contributed by atoms with Gasteiger partial charge in [-0.1, -0.05) is 96.8 Å². The van der Waals surface area contributed by atoms with E-state index >= 15 is 0 Å². The Bertz CT molecular complexity index is 886. The number of nitrogens with one attached hydrogen (secondary N) is 1. The van der Waals surface area contributed by atoms with Gasteiger partial charge in [0.2, 0.25) is 0 Å². The van der Waals surface area contributed by atoms with Gasteiger partial charge in [0.05, 0.1) is 16.8 Å². The first-order valence-electron chi connectivity index (χ1n) is 13.4. The third-order valence-corrected chi connectivity index (χ3v) is 7.46. The average molecular weight is 475 g/mol. The summed E-state index contributed by atoms with van der Waals surface area (Å²) in [5.41, 5.74) is 9.49. The minimum atomic E-state index is 0.625. The molecule has 0 spiro atoms. The van der Waals surface area contributed by atoms with E-state index in [-0.39, 0.29) is 0 Å². The van der Waals surface area contributed by atoms with E-state index in [4.69, 9.17) is 15.3 Å². The van der Waals surface area contributed by atoms with Gasteiger partial charge in [-0.2, -0.15) is 5.11 Å². The topological polar surface area (TPSA) is 62.7 Å². The maximum absolute atomic E-state index is 7.69. The summed E-state index contributed by atoms with van der Waals surface area (Å²) in [6, 6.07) is 4.13. The lowest BCUT2D eigenvalue weighted by atomic mass is 9.99. The fourth-order valence-electron chi connectivity index (χ4n) is 4.16. The Morgan fingerprint density at radius 2 is 1.67 bits per heavy atom. The molecule has 0 aliphatic heterocycles. The number of aromatic nitrogens is 1. The standard InChI is InChI=1S/C27H46N4OS/c1-5-9-12-13-14-15-18-32-25-20-24-26(19-23(25)30-28)33-27(29-17-11-7-3)31(24)21-22(8-4)16-10-6-2/h19-20,22,28H,5-18,21H2,1-4H3/b29-27+,30-28?. The van der Waals surface area contributed by atoms with Crippen LogP contribution in [0.25, 0.3) is 10.2 Å². The highest BCUT2D eigenvalue weighted by atomic mass is 32.1. The van der Waals surface area contributed by atoms with E-state index in [1.807, 2.05) is 6.07 Å². The molecule has 0 aliphatic rings. The Hall–Kier alpha value is -1.69. The van der Waals surface area contributed by atoms with Crippen molar-refractivity contribution in [1.29, 1.82) is 5.53 Å². The number of benzene rings is 1. The van der Waals surface area contributed by atoms with Crippen molar-refractivity contribution in [2.75, 3.05) is 13.2 Å². The van der Waals surface area contributed by atoms with E-state index in [0.717, 1.165) is 47.6 Å². The molecular weight excluding hydrogens is 428 g/mol. The van der Waals surface area contributed by atoms with Crippen LogP contribution in [-0.2, 0) is 6.54 Å². The summed E-state index contributed by atoms with van der Waals surface area (Å²) in [7, 11) is 0. The van der Waals surface area contributed by atoms with Gasteiger partial charge in [0, 0.05) is 19.2 Å². The molecule has 1 N–H and O–H groups in total. The van der Waals surface area contributed by atoms with Gasteiger partial charge in [-0.25, -0.2) is 5.53 Å². The average Bonchev–Trinajstić information content (AvgIpc) is 3.16. The number of hydrogen-bond donors (Lipinski definition) is 1. The van der Waals surface area contributed by atoms with Crippen molar-refractivity contribution < 1.29 is 4.74 Å². The van der Waals surface area contributed by atoms with Crippen LogP contribution in [0.5, 0.6) is 5.75 Å². The van der Waals surface area contributed by atoms with E-state index < -0.39 is 0 Å². The SMILES string of the molecule is CCCCCCCCOc1cc2c(cc1N=N)s/c(=N/CCCC)n2CC(CC)CCCC. The van der Waals surface area contributed by atoms with Crippen molar-refractivity contribution in [3.8, 4) is 5.75 Å². The molecule has 1 aromatic carbocycles. The number of fused-ring (bicyclic) bond motifs is 1. The van der Waals surface area contributed by atoms with Crippen molar-refractivity contribution in [1.82, 2.24) is 4.57 Å². The molecule has 0 saturated heterocycles. The summed E-state index contributed by atoms with van der Waals surface area (Å²) in [5.74, 6) is 1.39. The van der Waals surface area contributed by atoms with Crippen molar-refractivity contribution >= 4 is 27.2 Å². The zero-order valence-electron chi connectivity index (χ0n) is 21.5. The van der Waals surface area contributed by atoms with Gasteiger partial charge in [-0.3, -0.25) is 4.99 Å². The summed E-state index contributed by atoms with van der Waals surface area (Å²) in [5, 5.41) is 3.78. The van der Waals surface area contributed by atoms with Crippen LogP contribution in [-0.4, -0.2) is 17.7 Å². The number of nitrogens with zero attached hydrogens (tertiary/aromatic N) is 3. The third-order valence-electron chi connectivity index (χ3n) is 6.38. The molecule has 0 saturated carbocycles. The van der Waals surface area contributed by atoms with Crippen LogP contribution in [0, 0.1) is 11.4 Å². The van der Waals surface area contributed by atoms with Gasteiger partial charge in [0.1, 0.15) is 11.4 Å². The molecule has 1 heterocycles. The summed E-state index contributed by atoms with van der Waals surface area (Å²) < 4.78 is 9.70. The highest BCUT2D eigenvalue weighted by Gasteiger charge is 2.15. The third kappa shape index (κ3) is 8.88. The summed E-state index contributed by atoms with van der Waals surface area (Å²) in [6.45, 7) is 11.6. The maximum Gasteiger partial charge on any atom is 0.185 e. The van der Waals surface area contributed by atoms with Crippen LogP contribution in [0.15, 0.2) is 22.2 Å². The fraction of sp³-hybridized carbons (Fsp3) is 0.741. The normalized spacial score (nSPS) is 13.0. The molecule has 5 nitrogen and oxygen atoms in total. The molecule has 1 atom stereocenters. The first-order chi connectivity index (χ1) is 16.2. The summed E-state index contributed by atoms with van der Waals surface area (Å²) in [6.07, 6.45) is 14.6. The smallest absolute Gasteiger partial charge is 0.185 e. The van der Waals surface area contributed by atoms with Crippen molar-refractivity contribution in [3.05, 3.63) is 16.9 Å². The van der Waals surface area contributed by atoms with Crippen LogP contribution in [0.1, 0.15) is 105 Å². The molecule has 2 aromatic rings.